The third-order valence-electron chi connectivity index (χ3n) is 23.1. The molecule has 111 heavy (non-hydrogen) atoms. The van der Waals surface area contributed by atoms with Crippen molar-refractivity contribution >= 4 is 119 Å². The Labute approximate surface area is 654 Å². The molecule has 0 fully saturated rings. The van der Waals surface area contributed by atoms with E-state index in [-0.39, 0.29) is 5.41 Å². The van der Waals surface area contributed by atoms with Gasteiger partial charge in [-0.2, -0.15) is 0 Å². The Balaban J connectivity index is 0.585. The Morgan fingerprint density at radius 2 is 0.550 bits per heavy atom. The molecular weight excluding hydrogens is 1380 g/mol. The fraction of sp³-hybridized carbons (Fsp3) is 0.0280. The molecule has 0 amide bonds. The van der Waals surface area contributed by atoms with Crippen molar-refractivity contribution in [1.82, 2.24) is 0 Å². The lowest BCUT2D eigenvalue weighted by molar-refractivity contribution is 0.660. The normalized spacial score (nSPS) is 12.3. The van der Waals surface area contributed by atoms with Crippen molar-refractivity contribution in [3.63, 3.8) is 0 Å². The van der Waals surface area contributed by atoms with Crippen LogP contribution in [0.25, 0.3) is 162 Å². The van der Waals surface area contributed by atoms with Crippen LogP contribution in [0.15, 0.2) is 400 Å². The summed E-state index contributed by atoms with van der Waals surface area (Å²) in [4.78, 5) is 4.80. The van der Waals surface area contributed by atoms with E-state index in [0.717, 1.165) is 45.3 Å². The standard InChI is InChI=1S/C107H72N2S2/c1-107(2)101-29-14-11-25-93(101)94-61-59-90(68-102(94)107)109(88-53-40-74(41-54-88)70-20-7-4-8-21-70)89-57-46-77(47-58-89)84-65-98(106-100(67-84)96-27-13-16-31-104(96)111-106)82-48-60-92-80(63-82)24-17-28-91(92)78-35-32-72(33-36-78)75-42-51-86(52-43-75)108(85-49-38-73(39-50-85)69-18-5-3-6-19-69)87-55-44-76(45-56-87)83-64-97(81-37-34-71-22-9-10-23-79(71)62-81)105-99(66-83)95-26-12-15-30-103(95)110-105/h3-68H,1-2H3. The first kappa shape index (κ1) is 65.8. The Morgan fingerprint density at radius 1 is 0.189 bits per heavy atom. The van der Waals surface area contributed by atoms with Crippen molar-refractivity contribution in [2.45, 2.75) is 19.3 Å². The number of thiophene rings is 2. The van der Waals surface area contributed by atoms with Crippen molar-refractivity contribution in [3.05, 3.63) is 412 Å². The predicted molar refractivity (Wildman–Crippen MR) is 478 cm³/mol. The highest BCUT2D eigenvalue weighted by Crippen LogP contribution is 2.53. The van der Waals surface area contributed by atoms with Gasteiger partial charge in [-0.3, -0.25) is 0 Å². The molecule has 2 aromatic heterocycles. The Morgan fingerprint density at radius 3 is 1.07 bits per heavy atom. The maximum Gasteiger partial charge on any atom is 0.0465 e. The highest BCUT2D eigenvalue weighted by Gasteiger charge is 2.36. The summed E-state index contributed by atoms with van der Waals surface area (Å²) < 4.78 is 5.20. The second kappa shape index (κ2) is 27.0. The van der Waals surface area contributed by atoms with Gasteiger partial charge in [0.05, 0.1) is 0 Å². The molecule has 0 saturated heterocycles. The Kier molecular flexibility index (Phi) is 16.0. The number of anilines is 6. The number of hydrogen-bond acceptors (Lipinski definition) is 4. The zero-order valence-electron chi connectivity index (χ0n) is 61.3. The van der Waals surface area contributed by atoms with Crippen LogP contribution in [0.4, 0.5) is 34.1 Å². The van der Waals surface area contributed by atoms with Crippen LogP contribution in [-0.2, 0) is 5.41 Å². The monoisotopic (exact) mass is 1450 g/mol. The quantitative estimate of drug-likeness (QED) is 0.107. The molecule has 0 atom stereocenters. The summed E-state index contributed by atoms with van der Waals surface area (Å²) in [6, 6.07) is 149. The van der Waals surface area contributed by atoms with E-state index in [4.69, 9.17) is 0 Å². The predicted octanol–water partition coefficient (Wildman–Crippen LogP) is 31.3. The molecule has 0 spiro atoms. The summed E-state index contributed by atoms with van der Waals surface area (Å²) in [5.74, 6) is 0. The zero-order chi connectivity index (χ0) is 73.7. The fourth-order valence-electron chi connectivity index (χ4n) is 17.3. The highest BCUT2D eigenvalue weighted by atomic mass is 32.1. The van der Waals surface area contributed by atoms with Crippen molar-refractivity contribution in [2.75, 3.05) is 9.80 Å². The minimum Gasteiger partial charge on any atom is -0.311 e. The van der Waals surface area contributed by atoms with E-state index in [1.54, 1.807) is 0 Å². The number of rotatable bonds is 14. The third-order valence-corrected chi connectivity index (χ3v) is 25.5. The van der Waals surface area contributed by atoms with Crippen molar-refractivity contribution in [2.24, 2.45) is 0 Å². The second-order valence-corrected chi connectivity index (χ2v) is 32.0. The van der Waals surface area contributed by atoms with Gasteiger partial charge in [-0.05, 0) is 243 Å². The van der Waals surface area contributed by atoms with E-state index < -0.39 is 0 Å². The first-order valence-electron chi connectivity index (χ1n) is 38.2. The highest BCUT2D eigenvalue weighted by molar-refractivity contribution is 7.26. The topological polar surface area (TPSA) is 6.48 Å². The van der Waals surface area contributed by atoms with Gasteiger partial charge in [-0.25, -0.2) is 0 Å². The largest absolute Gasteiger partial charge is 0.311 e. The Bertz CT molecular complexity index is 6980. The lowest BCUT2D eigenvalue weighted by Gasteiger charge is -2.28. The summed E-state index contributed by atoms with van der Waals surface area (Å²) in [5.41, 5.74) is 31.0. The first-order chi connectivity index (χ1) is 54.7. The molecule has 0 aliphatic heterocycles. The van der Waals surface area contributed by atoms with E-state index >= 15 is 0 Å². The van der Waals surface area contributed by atoms with Gasteiger partial charge in [0.25, 0.3) is 0 Å². The Hall–Kier alpha value is -13.5. The number of nitrogens with zero attached hydrogens (tertiary/aromatic N) is 2. The van der Waals surface area contributed by atoms with Crippen LogP contribution in [0.1, 0.15) is 25.0 Å². The van der Waals surface area contributed by atoms with Gasteiger partial charge in [-0.15, -0.1) is 22.7 Å². The molecule has 0 N–H and O–H groups in total. The average molecular weight is 1450 g/mol. The van der Waals surface area contributed by atoms with Crippen LogP contribution < -0.4 is 9.80 Å². The van der Waals surface area contributed by atoms with Crippen molar-refractivity contribution in [1.29, 1.82) is 0 Å². The van der Waals surface area contributed by atoms with Gasteiger partial charge in [0, 0.05) is 91.0 Å². The molecule has 20 aromatic rings. The van der Waals surface area contributed by atoms with Gasteiger partial charge in [0.15, 0.2) is 0 Å². The van der Waals surface area contributed by atoms with Crippen LogP contribution >= 0.6 is 22.7 Å². The van der Waals surface area contributed by atoms with Gasteiger partial charge < -0.3 is 9.80 Å². The average Bonchev–Trinajstić information content (AvgIpc) is 1.61. The van der Waals surface area contributed by atoms with Crippen LogP contribution in [0.2, 0.25) is 0 Å². The molecule has 2 nitrogen and oxygen atoms in total. The molecule has 18 aromatic carbocycles. The number of benzene rings is 18. The van der Waals surface area contributed by atoms with Gasteiger partial charge in [0.1, 0.15) is 0 Å². The SMILES string of the molecule is CC1(C)c2ccccc2-c2ccc(N(c3ccc(-c4ccccc4)cc3)c3ccc(-c4cc(-c5ccc6c(-c7ccc(-c8ccc(N(c9ccc(-c%10ccccc%10)cc9)c9ccc(-c%10cc(-c%11ccc%12ccccc%12c%11)c%11sc%12ccccc%12c%11c%10)cc9)cc8)cc7)cccc6c5)c5sc6ccccc6c5c4)cc3)cc21. The van der Waals surface area contributed by atoms with Gasteiger partial charge in [0.2, 0.25) is 0 Å². The summed E-state index contributed by atoms with van der Waals surface area (Å²) in [5, 5.41) is 10.1. The van der Waals surface area contributed by atoms with E-state index in [2.05, 4.69) is 424 Å². The summed E-state index contributed by atoms with van der Waals surface area (Å²) >= 11 is 3.77. The maximum atomic E-state index is 2.43. The lowest BCUT2D eigenvalue weighted by atomic mass is 9.82. The molecule has 0 radical (unpaired) electrons. The molecule has 1 aliphatic rings. The van der Waals surface area contributed by atoms with Crippen LogP contribution in [0, 0.1) is 0 Å². The van der Waals surface area contributed by atoms with Crippen molar-refractivity contribution < 1.29 is 0 Å². The van der Waals surface area contributed by atoms with E-state index in [1.165, 1.54) is 162 Å². The summed E-state index contributed by atoms with van der Waals surface area (Å²) in [7, 11) is 0. The van der Waals surface area contributed by atoms with E-state index in [1.807, 2.05) is 22.7 Å². The van der Waals surface area contributed by atoms with Gasteiger partial charge >= 0.3 is 0 Å². The summed E-state index contributed by atoms with van der Waals surface area (Å²) in [6.45, 7) is 4.73. The molecule has 522 valence electrons. The first-order valence-corrected chi connectivity index (χ1v) is 39.9. The molecular formula is C107H72N2S2. The third kappa shape index (κ3) is 11.7. The number of fused-ring (bicyclic) bond motifs is 11. The molecule has 4 heteroatoms. The van der Waals surface area contributed by atoms with Crippen molar-refractivity contribution in [3.8, 4) is 100 Å². The second-order valence-electron chi connectivity index (χ2n) is 29.9. The van der Waals surface area contributed by atoms with Crippen LogP contribution in [0.5, 0.6) is 0 Å². The van der Waals surface area contributed by atoms with Crippen LogP contribution in [0.3, 0.4) is 0 Å². The van der Waals surface area contributed by atoms with E-state index in [9.17, 15) is 0 Å². The molecule has 1 aliphatic carbocycles. The van der Waals surface area contributed by atoms with E-state index in [0.29, 0.717) is 0 Å². The molecule has 0 saturated carbocycles. The molecule has 0 unspecified atom stereocenters. The zero-order valence-corrected chi connectivity index (χ0v) is 62.9. The minimum absolute atomic E-state index is 0.137. The molecule has 2 heterocycles. The van der Waals surface area contributed by atoms with Crippen LogP contribution in [-0.4, -0.2) is 0 Å². The summed E-state index contributed by atoms with van der Waals surface area (Å²) in [6.07, 6.45) is 0. The maximum absolute atomic E-state index is 2.43. The molecule has 0 bridgehead atoms. The number of hydrogen-bond donors (Lipinski definition) is 0. The lowest BCUT2D eigenvalue weighted by Crippen LogP contribution is -2.16. The molecule has 21 rings (SSSR count). The smallest absolute Gasteiger partial charge is 0.0465 e. The fourth-order valence-corrected chi connectivity index (χ4v) is 19.8. The minimum atomic E-state index is -0.137. The van der Waals surface area contributed by atoms with Gasteiger partial charge in [-0.1, -0.05) is 293 Å².